The van der Waals surface area contributed by atoms with Crippen LogP contribution in [0.3, 0.4) is 0 Å². The van der Waals surface area contributed by atoms with Crippen LogP contribution in [0.5, 0.6) is 0 Å². The number of rotatable bonds is 3. The smallest absolute Gasteiger partial charge is 0.260 e. The summed E-state index contributed by atoms with van der Waals surface area (Å²) in [5, 5.41) is 3.97. The molecule has 1 fully saturated rings. The van der Waals surface area contributed by atoms with E-state index in [-0.39, 0.29) is 0 Å². The van der Waals surface area contributed by atoms with E-state index in [2.05, 4.69) is 33.2 Å². The summed E-state index contributed by atoms with van der Waals surface area (Å²) in [7, 11) is 0. The van der Waals surface area contributed by atoms with Gasteiger partial charge in [-0.15, -0.1) is 0 Å². The lowest BCUT2D eigenvalue weighted by Gasteiger charge is -2.19. The van der Waals surface area contributed by atoms with Crippen molar-refractivity contribution in [3.63, 3.8) is 0 Å². The summed E-state index contributed by atoms with van der Waals surface area (Å²) in [6.07, 6.45) is 3.33. The zero-order valence-electron chi connectivity index (χ0n) is 10.6. The summed E-state index contributed by atoms with van der Waals surface area (Å²) < 4.78 is 5.35. The van der Waals surface area contributed by atoms with E-state index >= 15 is 0 Å². The molecular formula is C14H17N3O. The molecule has 4 heteroatoms. The van der Waals surface area contributed by atoms with Crippen LogP contribution in [0.15, 0.2) is 28.8 Å². The van der Waals surface area contributed by atoms with Crippen LogP contribution in [0.2, 0.25) is 0 Å². The van der Waals surface area contributed by atoms with Crippen molar-refractivity contribution in [2.45, 2.75) is 26.2 Å². The molecule has 2 heterocycles. The van der Waals surface area contributed by atoms with Crippen molar-refractivity contribution < 1.29 is 4.52 Å². The van der Waals surface area contributed by atoms with Gasteiger partial charge in [0, 0.05) is 25.2 Å². The van der Waals surface area contributed by atoms with Crippen molar-refractivity contribution >= 4 is 5.69 Å². The average molecular weight is 243 g/mol. The largest absolute Gasteiger partial charge is 0.371 e. The highest BCUT2D eigenvalue weighted by molar-refractivity contribution is 5.73. The average Bonchev–Trinajstić information content (AvgIpc) is 3.10. The first-order chi connectivity index (χ1) is 8.88. The third kappa shape index (κ3) is 1.98. The maximum absolute atomic E-state index is 5.35. The zero-order valence-corrected chi connectivity index (χ0v) is 10.6. The van der Waals surface area contributed by atoms with E-state index in [9.17, 15) is 0 Å². The topological polar surface area (TPSA) is 42.2 Å². The Bertz CT molecular complexity index is 529. The van der Waals surface area contributed by atoms with E-state index in [1.54, 1.807) is 0 Å². The predicted molar refractivity (Wildman–Crippen MR) is 70.6 cm³/mol. The number of aryl methyl sites for hydroxylation is 1. The van der Waals surface area contributed by atoms with E-state index in [0.717, 1.165) is 30.9 Å². The van der Waals surface area contributed by atoms with Gasteiger partial charge in [-0.3, -0.25) is 0 Å². The molecule has 0 spiro atoms. The van der Waals surface area contributed by atoms with Crippen molar-refractivity contribution in [1.29, 1.82) is 0 Å². The molecule has 18 heavy (non-hydrogen) atoms. The third-order valence-electron chi connectivity index (χ3n) is 3.37. The van der Waals surface area contributed by atoms with Crippen LogP contribution in [0, 0.1) is 0 Å². The molecule has 0 atom stereocenters. The quantitative estimate of drug-likeness (QED) is 0.831. The lowest BCUT2D eigenvalue weighted by atomic mass is 10.1. The number of benzene rings is 1. The lowest BCUT2D eigenvalue weighted by molar-refractivity contribution is 0.423. The molecule has 2 aromatic rings. The summed E-state index contributed by atoms with van der Waals surface area (Å²) in [4.78, 5) is 6.82. The second kappa shape index (κ2) is 4.80. The molecule has 0 radical (unpaired) electrons. The summed E-state index contributed by atoms with van der Waals surface area (Å²) in [6.45, 7) is 4.26. The van der Waals surface area contributed by atoms with Gasteiger partial charge in [0.05, 0.1) is 5.56 Å². The van der Waals surface area contributed by atoms with Gasteiger partial charge in [-0.25, -0.2) is 0 Å². The summed E-state index contributed by atoms with van der Waals surface area (Å²) in [5.41, 5.74) is 2.26. The normalized spacial score (nSPS) is 15.3. The fraction of sp³-hybridized carbons (Fsp3) is 0.429. The van der Waals surface area contributed by atoms with Crippen LogP contribution in [-0.2, 0) is 6.42 Å². The Balaban J connectivity index is 2.00. The molecule has 4 nitrogen and oxygen atoms in total. The standard InChI is InChI=1S/C14H17N3O/c1-2-13-15-14(18-16-13)11-7-3-4-8-12(11)17-9-5-6-10-17/h3-4,7-8H,2,5-6,9-10H2,1H3. The molecule has 1 aliphatic rings. The van der Waals surface area contributed by atoms with Gasteiger partial charge in [-0.05, 0) is 25.0 Å². The van der Waals surface area contributed by atoms with Crippen LogP contribution >= 0.6 is 0 Å². The number of para-hydroxylation sites is 1. The first-order valence-corrected chi connectivity index (χ1v) is 6.55. The van der Waals surface area contributed by atoms with Crippen LogP contribution < -0.4 is 4.90 Å². The molecule has 0 unspecified atom stereocenters. The van der Waals surface area contributed by atoms with Crippen molar-refractivity contribution in [1.82, 2.24) is 10.1 Å². The molecule has 0 N–H and O–H groups in total. The molecule has 94 valence electrons. The van der Waals surface area contributed by atoms with Crippen LogP contribution in [0.25, 0.3) is 11.5 Å². The van der Waals surface area contributed by atoms with E-state index < -0.39 is 0 Å². The zero-order chi connectivity index (χ0) is 12.4. The Kier molecular flexibility index (Phi) is 3.00. The minimum atomic E-state index is 0.634. The Labute approximate surface area is 107 Å². The Hall–Kier alpha value is -1.84. The lowest BCUT2D eigenvalue weighted by Crippen LogP contribution is -2.18. The predicted octanol–water partition coefficient (Wildman–Crippen LogP) is 2.90. The highest BCUT2D eigenvalue weighted by Gasteiger charge is 2.19. The van der Waals surface area contributed by atoms with Crippen LogP contribution in [-0.4, -0.2) is 23.2 Å². The summed E-state index contributed by atoms with van der Waals surface area (Å²) in [6, 6.07) is 8.27. The van der Waals surface area contributed by atoms with Gasteiger partial charge in [-0.2, -0.15) is 4.98 Å². The summed E-state index contributed by atoms with van der Waals surface area (Å²) >= 11 is 0. The molecule has 0 amide bonds. The number of hydrogen-bond acceptors (Lipinski definition) is 4. The van der Waals surface area contributed by atoms with Gasteiger partial charge < -0.3 is 9.42 Å². The number of nitrogens with zero attached hydrogens (tertiary/aromatic N) is 3. The van der Waals surface area contributed by atoms with Crippen molar-refractivity contribution in [3.8, 4) is 11.5 Å². The highest BCUT2D eigenvalue weighted by atomic mass is 16.5. The molecule has 0 saturated carbocycles. The minimum Gasteiger partial charge on any atom is -0.371 e. The molecule has 1 saturated heterocycles. The monoisotopic (exact) mass is 243 g/mol. The molecular weight excluding hydrogens is 226 g/mol. The number of anilines is 1. The van der Waals surface area contributed by atoms with Crippen molar-refractivity contribution in [3.05, 3.63) is 30.1 Å². The van der Waals surface area contributed by atoms with E-state index in [0.29, 0.717) is 5.89 Å². The summed E-state index contributed by atoms with van der Waals surface area (Å²) in [5.74, 6) is 1.40. The van der Waals surface area contributed by atoms with Gasteiger partial charge >= 0.3 is 0 Å². The van der Waals surface area contributed by atoms with Crippen molar-refractivity contribution in [2.75, 3.05) is 18.0 Å². The Morgan fingerprint density at radius 3 is 2.72 bits per heavy atom. The van der Waals surface area contributed by atoms with Crippen LogP contribution in [0.1, 0.15) is 25.6 Å². The van der Waals surface area contributed by atoms with Gasteiger partial charge in [0.1, 0.15) is 0 Å². The highest BCUT2D eigenvalue weighted by Crippen LogP contribution is 2.31. The minimum absolute atomic E-state index is 0.634. The van der Waals surface area contributed by atoms with Gasteiger partial charge in [0.25, 0.3) is 5.89 Å². The number of aromatic nitrogens is 2. The molecule has 0 aliphatic carbocycles. The molecule has 1 aromatic carbocycles. The first kappa shape index (κ1) is 11.3. The Morgan fingerprint density at radius 2 is 2.00 bits per heavy atom. The van der Waals surface area contributed by atoms with Crippen LogP contribution in [0.4, 0.5) is 5.69 Å². The number of hydrogen-bond donors (Lipinski definition) is 0. The SMILES string of the molecule is CCc1noc(-c2ccccc2N2CCCC2)n1. The van der Waals surface area contributed by atoms with E-state index in [1.165, 1.54) is 18.5 Å². The maximum atomic E-state index is 5.35. The van der Waals surface area contributed by atoms with Gasteiger partial charge in [0.15, 0.2) is 5.82 Å². The Morgan fingerprint density at radius 1 is 1.22 bits per heavy atom. The molecule has 1 aliphatic heterocycles. The molecule has 0 bridgehead atoms. The first-order valence-electron chi connectivity index (χ1n) is 6.55. The second-order valence-electron chi connectivity index (χ2n) is 4.58. The third-order valence-corrected chi connectivity index (χ3v) is 3.37. The molecule has 3 rings (SSSR count). The fourth-order valence-electron chi connectivity index (χ4n) is 2.40. The van der Waals surface area contributed by atoms with E-state index in [1.807, 2.05) is 13.0 Å². The van der Waals surface area contributed by atoms with Gasteiger partial charge in [-0.1, -0.05) is 24.2 Å². The fourth-order valence-corrected chi connectivity index (χ4v) is 2.40. The van der Waals surface area contributed by atoms with Gasteiger partial charge in [0.2, 0.25) is 0 Å². The van der Waals surface area contributed by atoms with Crippen molar-refractivity contribution in [2.24, 2.45) is 0 Å². The van der Waals surface area contributed by atoms with E-state index in [4.69, 9.17) is 4.52 Å². The maximum Gasteiger partial charge on any atom is 0.260 e. The second-order valence-corrected chi connectivity index (χ2v) is 4.58. The molecule has 1 aromatic heterocycles.